The van der Waals surface area contributed by atoms with Crippen LogP contribution < -0.4 is 0 Å². The maximum absolute atomic E-state index is 6.56. The molecule has 12 aromatic carbocycles. The number of rotatable bonds is 7. The third-order valence-electron chi connectivity index (χ3n) is 16.6. The average molecular weight is 1080 g/mol. The molecule has 0 aliphatic heterocycles. The van der Waals surface area contributed by atoms with Crippen LogP contribution in [0.5, 0.6) is 0 Å². The third-order valence-corrected chi connectivity index (χ3v) is 16.6. The van der Waals surface area contributed by atoms with Crippen molar-refractivity contribution < 1.29 is 8.83 Å². The molecule has 0 saturated carbocycles. The van der Waals surface area contributed by atoms with E-state index in [-0.39, 0.29) is 0 Å². The van der Waals surface area contributed by atoms with Crippen molar-refractivity contribution in [1.29, 1.82) is 0 Å². The van der Waals surface area contributed by atoms with E-state index in [0.717, 1.165) is 126 Å². The first-order valence-corrected chi connectivity index (χ1v) is 28.0. The molecule has 0 saturated heterocycles. The van der Waals surface area contributed by atoms with E-state index in [0.29, 0.717) is 35.2 Å². The van der Waals surface area contributed by atoms with Crippen LogP contribution >= 0.6 is 0 Å². The molecular formula is C74H42N8O2. The Bertz CT molecular complexity index is 5760. The molecule has 6 heterocycles. The van der Waals surface area contributed by atoms with E-state index in [1.807, 2.05) is 103 Å². The number of furan rings is 2. The van der Waals surface area contributed by atoms with Crippen LogP contribution in [0.1, 0.15) is 0 Å². The average Bonchev–Trinajstić information content (AvgIpc) is 2.08. The maximum Gasteiger partial charge on any atom is 0.238 e. The molecule has 10 nitrogen and oxygen atoms in total. The molecule has 0 radical (unpaired) electrons. The molecule has 390 valence electrons. The molecule has 18 aromatic rings. The normalized spacial score (nSPS) is 12.0. The fraction of sp³-hybridized carbons (Fsp3) is 0. The zero-order valence-electron chi connectivity index (χ0n) is 44.6. The second-order valence-electron chi connectivity index (χ2n) is 21.4. The van der Waals surface area contributed by atoms with Gasteiger partial charge in [0.15, 0.2) is 23.3 Å². The highest BCUT2D eigenvalue weighted by Crippen LogP contribution is 2.43. The monoisotopic (exact) mass is 1070 g/mol. The minimum Gasteiger partial charge on any atom is -0.456 e. The third kappa shape index (κ3) is 7.04. The number of fused-ring (bicyclic) bond motifs is 16. The Hall–Kier alpha value is -11.6. The number of nitrogens with zero attached hydrogens (tertiary/aromatic N) is 8. The van der Waals surface area contributed by atoms with Crippen LogP contribution in [0.4, 0.5) is 0 Å². The van der Waals surface area contributed by atoms with Gasteiger partial charge in [0, 0.05) is 65.3 Å². The van der Waals surface area contributed by atoms with Crippen LogP contribution in [-0.2, 0) is 0 Å². The lowest BCUT2D eigenvalue weighted by Gasteiger charge is -2.12. The lowest BCUT2D eigenvalue weighted by Crippen LogP contribution is -2.06. The summed E-state index contributed by atoms with van der Waals surface area (Å²) in [6.07, 6.45) is 0. The van der Waals surface area contributed by atoms with Gasteiger partial charge in [0.1, 0.15) is 22.3 Å². The Morgan fingerprint density at radius 1 is 0.238 bits per heavy atom. The zero-order chi connectivity index (χ0) is 55.0. The highest BCUT2D eigenvalue weighted by Gasteiger charge is 2.24. The number of hydrogen-bond acceptors (Lipinski definition) is 8. The van der Waals surface area contributed by atoms with Crippen LogP contribution in [0, 0.1) is 0 Å². The molecular weight excluding hydrogens is 1030 g/mol. The van der Waals surface area contributed by atoms with Gasteiger partial charge in [0.25, 0.3) is 0 Å². The molecule has 0 aliphatic carbocycles. The van der Waals surface area contributed by atoms with Crippen LogP contribution in [0.2, 0.25) is 0 Å². The van der Waals surface area contributed by atoms with Crippen LogP contribution in [0.15, 0.2) is 264 Å². The van der Waals surface area contributed by atoms with Crippen molar-refractivity contribution >= 4 is 109 Å². The quantitative estimate of drug-likeness (QED) is 0.155. The summed E-state index contributed by atoms with van der Waals surface area (Å²) in [5.74, 6) is 3.37. The first-order valence-electron chi connectivity index (χ1n) is 28.0. The van der Waals surface area contributed by atoms with Crippen molar-refractivity contribution in [2.45, 2.75) is 0 Å². The number of aromatic nitrogens is 8. The maximum atomic E-state index is 6.56. The second kappa shape index (κ2) is 17.9. The molecule has 18 rings (SSSR count). The Morgan fingerprint density at radius 2 is 0.702 bits per heavy atom. The second-order valence-corrected chi connectivity index (χ2v) is 21.4. The SMILES string of the molecule is c1ccc(-c2nc(-c3ccc4oc5ccc(-c6ccc7c(ccc8c7c7ccccc7n8-c7nc(-c8ccccc8)nc(-c8cccc9oc%10ccccc%10c89)n7)c6)cc5c4c3)nc(-n3c4ccccc4c4c5ccccc5ccc43)n2)cc1. The first kappa shape index (κ1) is 46.2. The molecule has 0 bridgehead atoms. The molecule has 0 spiro atoms. The molecule has 0 unspecified atom stereocenters. The summed E-state index contributed by atoms with van der Waals surface area (Å²) in [6, 6.07) is 88.2. The molecule has 0 amide bonds. The van der Waals surface area contributed by atoms with Gasteiger partial charge in [-0.05, 0) is 105 Å². The summed E-state index contributed by atoms with van der Waals surface area (Å²) in [7, 11) is 0. The van der Waals surface area contributed by atoms with E-state index in [9.17, 15) is 0 Å². The van der Waals surface area contributed by atoms with Gasteiger partial charge < -0.3 is 8.83 Å². The van der Waals surface area contributed by atoms with E-state index < -0.39 is 0 Å². The number of benzene rings is 12. The summed E-state index contributed by atoms with van der Waals surface area (Å²) < 4.78 is 17.3. The van der Waals surface area contributed by atoms with Crippen molar-refractivity contribution in [3.63, 3.8) is 0 Å². The summed E-state index contributed by atoms with van der Waals surface area (Å²) >= 11 is 0. The van der Waals surface area contributed by atoms with Crippen LogP contribution in [-0.4, -0.2) is 39.0 Å². The number of hydrogen-bond donors (Lipinski definition) is 0. The smallest absolute Gasteiger partial charge is 0.238 e. The van der Waals surface area contributed by atoms with E-state index in [2.05, 4.69) is 161 Å². The molecule has 84 heavy (non-hydrogen) atoms. The zero-order valence-corrected chi connectivity index (χ0v) is 44.6. The first-order chi connectivity index (χ1) is 41.6. The van der Waals surface area contributed by atoms with E-state index in [1.165, 1.54) is 16.2 Å². The largest absolute Gasteiger partial charge is 0.456 e. The minimum atomic E-state index is 0.527. The molecule has 0 aliphatic rings. The fourth-order valence-electron chi connectivity index (χ4n) is 12.8. The van der Waals surface area contributed by atoms with Gasteiger partial charge in [-0.3, -0.25) is 9.13 Å². The minimum absolute atomic E-state index is 0.527. The summed E-state index contributed by atoms with van der Waals surface area (Å²) in [5.41, 5.74) is 12.9. The van der Waals surface area contributed by atoms with Crippen LogP contribution in [0.25, 0.3) is 178 Å². The van der Waals surface area contributed by atoms with Gasteiger partial charge in [0.05, 0.1) is 22.1 Å². The predicted molar refractivity (Wildman–Crippen MR) is 339 cm³/mol. The standard InChI is InChI=1S/C74H42N8O2/c1-3-17-44(18-4-1)69-75-71(79-73(77-69)81-58-26-12-9-22-52(58)66-50-21-8-7-16-43(50)31-36-60(66)81)49-34-39-64-57(42-49)56-41-47(33-38-63(56)83-64)46-30-35-51-48(40-46)32-37-61-67(51)53-23-10-13-27-59(53)82(61)74-78-70(45-19-5-2-6-20-45)76-72(80-74)55-25-15-29-65-68(55)54-24-11-14-28-62(54)84-65/h1-42H. The molecule has 0 N–H and O–H groups in total. The lowest BCUT2D eigenvalue weighted by atomic mass is 9.97. The van der Waals surface area contributed by atoms with Gasteiger partial charge in [-0.2, -0.15) is 19.9 Å². The van der Waals surface area contributed by atoms with Crippen molar-refractivity contribution in [1.82, 2.24) is 39.0 Å². The highest BCUT2D eigenvalue weighted by molar-refractivity contribution is 6.23. The molecule has 6 aromatic heterocycles. The van der Waals surface area contributed by atoms with Crippen molar-refractivity contribution in [3.8, 4) is 68.6 Å². The van der Waals surface area contributed by atoms with Gasteiger partial charge in [-0.1, -0.05) is 182 Å². The number of para-hydroxylation sites is 3. The van der Waals surface area contributed by atoms with E-state index in [4.69, 9.17) is 38.7 Å². The van der Waals surface area contributed by atoms with Crippen LogP contribution in [0.3, 0.4) is 0 Å². The van der Waals surface area contributed by atoms with Gasteiger partial charge in [-0.15, -0.1) is 0 Å². The summed E-state index contributed by atoms with van der Waals surface area (Å²) in [6.45, 7) is 0. The highest BCUT2D eigenvalue weighted by atomic mass is 16.3. The van der Waals surface area contributed by atoms with Crippen molar-refractivity contribution in [3.05, 3.63) is 255 Å². The van der Waals surface area contributed by atoms with E-state index >= 15 is 0 Å². The van der Waals surface area contributed by atoms with Crippen molar-refractivity contribution in [2.75, 3.05) is 0 Å². The van der Waals surface area contributed by atoms with E-state index in [1.54, 1.807) is 0 Å². The van der Waals surface area contributed by atoms with Crippen molar-refractivity contribution in [2.24, 2.45) is 0 Å². The van der Waals surface area contributed by atoms with Gasteiger partial charge >= 0.3 is 0 Å². The molecule has 10 heteroatoms. The fourth-order valence-corrected chi connectivity index (χ4v) is 12.8. The van der Waals surface area contributed by atoms with Gasteiger partial charge in [0.2, 0.25) is 11.9 Å². The Kier molecular flexibility index (Phi) is 9.86. The predicted octanol–water partition coefficient (Wildman–Crippen LogP) is 18.7. The Balaban J connectivity index is 0.764. The lowest BCUT2D eigenvalue weighted by molar-refractivity contribution is 0.668. The topological polar surface area (TPSA) is 113 Å². The Labute approximate surface area is 477 Å². The van der Waals surface area contributed by atoms with Gasteiger partial charge in [-0.25, -0.2) is 9.97 Å². The summed E-state index contributed by atoms with van der Waals surface area (Å²) in [4.78, 5) is 31.5. The summed E-state index contributed by atoms with van der Waals surface area (Å²) in [5, 5.41) is 13.1. The molecule has 0 fully saturated rings. The molecule has 0 atom stereocenters. The Morgan fingerprint density at radius 3 is 1.38 bits per heavy atom.